The van der Waals surface area contributed by atoms with Crippen LogP contribution in [0.15, 0.2) is 99.3 Å². The minimum Gasteiger partial charge on any atom is -0.391 e. The Kier molecular flexibility index (Phi) is 9.15. The molecule has 1 unspecified atom stereocenters. The van der Waals surface area contributed by atoms with Gasteiger partial charge in [0.1, 0.15) is 11.1 Å². The molecule has 4 aromatic rings. The number of aliphatic hydroxyl groups is 1. The van der Waals surface area contributed by atoms with Crippen LogP contribution in [0.25, 0.3) is 22.4 Å². The third kappa shape index (κ3) is 7.27. The van der Waals surface area contributed by atoms with E-state index in [9.17, 15) is 10.4 Å². The van der Waals surface area contributed by atoms with Gasteiger partial charge in [0, 0.05) is 32.0 Å². The molecule has 1 aromatic heterocycles. The Bertz CT molecular complexity index is 1380. The van der Waals surface area contributed by atoms with Crippen molar-refractivity contribution < 1.29 is 5.11 Å². The lowest BCUT2D eigenvalue weighted by Gasteiger charge is -2.19. The van der Waals surface area contributed by atoms with Crippen molar-refractivity contribution in [2.45, 2.75) is 42.2 Å². The van der Waals surface area contributed by atoms with Gasteiger partial charge in [-0.1, -0.05) is 91.3 Å². The van der Waals surface area contributed by atoms with Gasteiger partial charge >= 0.3 is 0 Å². The molecule has 0 saturated heterocycles. The number of nitrogens with zero attached hydrogens (tertiary/aromatic N) is 2. The van der Waals surface area contributed by atoms with E-state index < -0.39 is 6.10 Å². The Hall–Kier alpha value is -2.56. The summed E-state index contributed by atoms with van der Waals surface area (Å²) in [5.74, 6) is 1.02. The summed E-state index contributed by atoms with van der Waals surface area (Å²) < 4.78 is 0.997. The third-order valence-corrected chi connectivity index (χ3v) is 8.70. The van der Waals surface area contributed by atoms with E-state index in [4.69, 9.17) is 4.98 Å². The predicted octanol–water partition coefficient (Wildman–Crippen LogP) is 8.59. The molecule has 3 nitrogen and oxygen atoms in total. The van der Waals surface area contributed by atoms with Crippen LogP contribution in [0.4, 0.5) is 0 Å². The highest BCUT2D eigenvalue weighted by molar-refractivity contribution is 9.10. The maximum absolute atomic E-state index is 10.8. The van der Waals surface area contributed by atoms with Crippen molar-refractivity contribution in [1.29, 1.82) is 5.26 Å². The predicted molar refractivity (Wildman–Crippen MR) is 160 cm³/mol. The lowest BCUT2D eigenvalue weighted by molar-refractivity contribution is 0.225. The van der Waals surface area contributed by atoms with Crippen molar-refractivity contribution in [2.75, 3.05) is 11.5 Å². The van der Waals surface area contributed by atoms with E-state index in [1.54, 1.807) is 11.8 Å². The van der Waals surface area contributed by atoms with E-state index in [0.717, 1.165) is 31.8 Å². The monoisotopic (exact) mass is 588 g/mol. The van der Waals surface area contributed by atoms with Gasteiger partial charge in [-0.3, -0.25) is 0 Å². The van der Waals surface area contributed by atoms with E-state index in [0.29, 0.717) is 22.1 Å². The highest BCUT2D eigenvalue weighted by atomic mass is 79.9. The second-order valence-corrected chi connectivity index (χ2v) is 12.8. The number of benzene rings is 3. The number of thioether (sulfide) groups is 2. The molecular formula is C31H29BrN2OS2. The van der Waals surface area contributed by atoms with Crippen molar-refractivity contribution in [3.05, 3.63) is 101 Å². The first kappa shape index (κ1) is 27.5. The fraction of sp³-hybridized carbons (Fsp3) is 0.226. The zero-order valence-corrected chi connectivity index (χ0v) is 24.3. The standard InChI is InChI=1S/C31H29BrN2OS2/c1-31(2,3)23-11-15-26(16-12-23)36-19-25(35)20-37-30-28(18-33)27(21-7-5-4-6-8-21)17-29(34-30)22-9-13-24(32)14-10-22/h4-17,25,35H,19-20H2,1-3H3. The molecule has 6 heteroatoms. The second kappa shape index (κ2) is 12.3. The summed E-state index contributed by atoms with van der Waals surface area (Å²) in [4.78, 5) is 6.00. The van der Waals surface area contributed by atoms with E-state index >= 15 is 0 Å². The van der Waals surface area contributed by atoms with Crippen LogP contribution in [0, 0.1) is 11.3 Å². The van der Waals surface area contributed by atoms with Crippen molar-refractivity contribution in [3.63, 3.8) is 0 Å². The van der Waals surface area contributed by atoms with Gasteiger partial charge in [0.05, 0.1) is 17.4 Å². The first-order valence-corrected chi connectivity index (χ1v) is 14.8. The molecule has 1 N–H and O–H groups in total. The number of rotatable bonds is 8. The van der Waals surface area contributed by atoms with E-state index in [1.165, 1.54) is 17.3 Å². The SMILES string of the molecule is CC(C)(C)c1ccc(SCC(O)CSc2nc(-c3ccc(Br)cc3)cc(-c3ccccc3)c2C#N)cc1. The number of halogens is 1. The topological polar surface area (TPSA) is 56.9 Å². The lowest BCUT2D eigenvalue weighted by atomic mass is 9.87. The van der Waals surface area contributed by atoms with Crippen LogP contribution < -0.4 is 0 Å². The van der Waals surface area contributed by atoms with E-state index in [1.807, 2.05) is 60.7 Å². The van der Waals surface area contributed by atoms with Gasteiger partial charge in [0.25, 0.3) is 0 Å². The van der Waals surface area contributed by atoms with Crippen LogP contribution in [-0.4, -0.2) is 27.7 Å². The van der Waals surface area contributed by atoms with Gasteiger partial charge < -0.3 is 5.11 Å². The van der Waals surface area contributed by atoms with Gasteiger partial charge in [0.2, 0.25) is 0 Å². The van der Waals surface area contributed by atoms with Crippen LogP contribution in [0.2, 0.25) is 0 Å². The first-order chi connectivity index (χ1) is 17.7. The number of hydrogen-bond acceptors (Lipinski definition) is 5. The maximum atomic E-state index is 10.8. The van der Waals surface area contributed by atoms with Gasteiger partial charge in [-0.15, -0.1) is 23.5 Å². The smallest absolute Gasteiger partial charge is 0.115 e. The zero-order valence-electron chi connectivity index (χ0n) is 21.1. The van der Waals surface area contributed by atoms with Crippen LogP contribution in [0.1, 0.15) is 31.9 Å². The number of hydrogen-bond donors (Lipinski definition) is 1. The van der Waals surface area contributed by atoms with Crippen molar-refractivity contribution in [2.24, 2.45) is 0 Å². The Balaban J connectivity index is 1.54. The molecule has 188 valence electrons. The first-order valence-electron chi connectivity index (χ1n) is 12.1. The van der Waals surface area contributed by atoms with Gasteiger partial charge in [-0.05, 0) is 46.9 Å². The summed E-state index contributed by atoms with van der Waals surface area (Å²) in [6.45, 7) is 6.61. The molecule has 0 radical (unpaired) electrons. The molecular weight excluding hydrogens is 560 g/mol. The maximum Gasteiger partial charge on any atom is 0.115 e. The van der Waals surface area contributed by atoms with Gasteiger partial charge in [-0.2, -0.15) is 5.26 Å². The zero-order chi connectivity index (χ0) is 26.4. The second-order valence-electron chi connectivity index (χ2n) is 9.77. The summed E-state index contributed by atoms with van der Waals surface area (Å²) in [5, 5.41) is 21.5. The Morgan fingerprint density at radius 3 is 2.16 bits per heavy atom. The molecule has 1 atom stereocenters. The van der Waals surface area contributed by atoms with E-state index in [-0.39, 0.29) is 5.41 Å². The fourth-order valence-corrected chi connectivity index (χ4v) is 5.99. The average molecular weight is 590 g/mol. The van der Waals surface area contributed by atoms with Crippen LogP contribution >= 0.6 is 39.5 Å². The molecule has 0 bridgehead atoms. The lowest BCUT2D eigenvalue weighted by Crippen LogP contribution is -2.13. The number of aromatic nitrogens is 1. The molecule has 37 heavy (non-hydrogen) atoms. The molecule has 0 aliphatic heterocycles. The number of aliphatic hydroxyl groups excluding tert-OH is 1. The van der Waals surface area contributed by atoms with Crippen LogP contribution in [0.5, 0.6) is 0 Å². The normalized spacial score (nSPS) is 12.2. The molecule has 0 spiro atoms. The third-order valence-electron chi connectivity index (χ3n) is 5.90. The summed E-state index contributed by atoms with van der Waals surface area (Å²) in [5.41, 5.74) is 5.54. The van der Waals surface area contributed by atoms with E-state index in [2.05, 4.69) is 67.0 Å². The number of nitriles is 1. The molecule has 0 amide bonds. The minimum atomic E-state index is -0.540. The highest BCUT2D eigenvalue weighted by Gasteiger charge is 2.18. The Morgan fingerprint density at radius 2 is 1.54 bits per heavy atom. The van der Waals surface area contributed by atoms with Crippen LogP contribution in [-0.2, 0) is 5.41 Å². The highest BCUT2D eigenvalue weighted by Crippen LogP contribution is 2.35. The summed E-state index contributed by atoms with van der Waals surface area (Å²) >= 11 is 6.57. The number of pyridine rings is 1. The molecule has 0 saturated carbocycles. The largest absolute Gasteiger partial charge is 0.391 e. The minimum absolute atomic E-state index is 0.119. The Labute approximate surface area is 236 Å². The average Bonchev–Trinajstić information content (AvgIpc) is 2.90. The van der Waals surface area contributed by atoms with Crippen molar-refractivity contribution in [3.8, 4) is 28.5 Å². The van der Waals surface area contributed by atoms with Crippen LogP contribution in [0.3, 0.4) is 0 Å². The quantitative estimate of drug-likeness (QED) is 0.209. The summed E-state index contributed by atoms with van der Waals surface area (Å²) in [6, 6.07) is 30.8. The van der Waals surface area contributed by atoms with Gasteiger partial charge in [0.15, 0.2) is 0 Å². The molecule has 0 fully saturated rings. The van der Waals surface area contributed by atoms with Crippen molar-refractivity contribution in [1.82, 2.24) is 4.98 Å². The summed E-state index contributed by atoms with van der Waals surface area (Å²) in [6.07, 6.45) is -0.540. The molecule has 3 aromatic carbocycles. The molecule has 1 heterocycles. The molecule has 4 rings (SSSR count). The summed E-state index contributed by atoms with van der Waals surface area (Å²) in [7, 11) is 0. The molecule has 0 aliphatic rings. The Morgan fingerprint density at radius 1 is 0.892 bits per heavy atom. The van der Waals surface area contributed by atoms with Gasteiger partial charge in [-0.25, -0.2) is 4.98 Å². The fourth-order valence-electron chi connectivity index (χ4n) is 3.81. The van der Waals surface area contributed by atoms with Crippen molar-refractivity contribution >= 4 is 39.5 Å². The molecule has 0 aliphatic carbocycles.